The summed E-state index contributed by atoms with van der Waals surface area (Å²) in [5, 5.41) is 6.45. The number of nitrogens with zero attached hydrogens (tertiary/aromatic N) is 4. The second kappa shape index (κ2) is 28.2. The van der Waals surface area contributed by atoms with Crippen molar-refractivity contribution in [2.24, 2.45) is 35.5 Å². The molecule has 1 saturated carbocycles. The number of piperidine rings is 1. The van der Waals surface area contributed by atoms with Crippen LogP contribution < -0.4 is 15.5 Å². The SMILES string of the molecule is CC[C@H](C)[C@@H]([C@@H](CC(=O)N1CCC[C@H]1[C@H](OC)[C@@H](C)C(=O)C[C@@H](Cc1ccccc1)C(=O)N(C)c1ccc(CNC(=O)CCCCCN2C(=O)C=CC2=O)cc1)OC)N(C)C(=O)[C@@H](CC(=O)[C@H]1N[C@@H]2CC[C@H]1C2)C(C)C. The van der Waals surface area contributed by atoms with Crippen molar-refractivity contribution >= 4 is 52.7 Å². The van der Waals surface area contributed by atoms with Gasteiger partial charge >= 0.3 is 0 Å². The minimum Gasteiger partial charge on any atom is -0.379 e. The summed E-state index contributed by atoms with van der Waals surface area (Å²) in [6.45, 7) is 11.1. The molecule has 0 aromatic heterocycles. The highest BCUT2D eigenvalue weighted by molar-refractivity contribution is 6.12. The van der Waals surface area contributed by atoms with Crippen LogP contribution in [0, 0.1) is 35.5 Å². The lowest BCUT2D eigenvalue weighted by Crippen LogP contribution is -2.54. The van der Waals surface area contributed by atoms with E-state index in [0.717, 1.165) is 43.2 Å². The third-order valence-corrected chi connectivity index (χ3v) is 17.1. The van der Waals surface area contributed by atoms with Crippen LogP contribution in [0.25, 0.3) is 0 Å². The average Bonchev–Trinajstić information content (AvgIpc) is 4.26. The van der Waals surface area contributed by atoms with Crippen molar-refractivity contribution in [2.45, 2.75) is 167 Å². The lowest BCUT2D eigenvalue weighted by molar-refractivity contribution is -0.149. The van der Waals surface area contributed by atoms with E-state index >= 15 is 0 Å². The highest BCUT2D eigenvalue weighted by Gasteiger charge is 2.46. The minimum atomic E-state index is -0.698. The molecule has 0 radical (unpaired) electrons. The van der Waals surface area contributed by atoms with Crippen LogP contribution in [-0.2, 0) is 60.8 Å². The molecule has 3 heterocycles. The Hall–Kier alpha value is -5.58. The maximum absolute atomic E-state index is 14.6. The molecule has 2 saturated heterocycles. The number of amides is 6. The van der Waals surface area contributed by atoms with Crippen LogP contribution in [-0.4, -0.2) is 139 Å². The van der Waals surface area contributed by atoms with E-state index in [1.807, 2.05) is 80.3 Å². The van der Waals surface area contributed by atoms with Crippen LogP contribution >= 0.6 is 0 Å². The number of benzene rings is 2. The smallest absolute Gasteiger partial charge is 0.253 e. The predicted octanol–water partition coefficient (Wildman–Crippen LogP) is 6.86. The van der Waals surface area contributed by atoms with Crippen LogP contribution in [0.15, 0.2) is 66.7 Å². The molecule has 16 heteroatoms. The molecule has 2 N–H and O–H groups in total. The Balaban J connectivity index is 1.06. The number of Topliss-reactive ketones (excluding diaryl/α,β-unsaturated/α-hetero) is 2. The van der Waals surface area contributed by atoms with Crippen molar-refractivity contribution < 1.29 is 47.8 Å². The van der Waals surface area contributed by atoms with E-state index in [-0.39, 0.29) is 84.1 Å². The largest absolute Gasteiger partial charge is 0.379 e. The third kappa shape index (κ3) is 15.1. The van der Waals surface area contributed by atoms with Gasteiger partial charge in [0.2, 0.25) is 23.6 Å². The fraction of sp³-hybridized carbons (Fsp3) is 0.633. The zero-order valence-electron chi connectivity index (χ0n) is 46.7. The summed E-state index contributed by atoms with van der Waals surface area (Å²) in [5.74, 6) is -2.84. The standard InChI is InChI=1S/C60H86N6O10/c1-10-39(4)57(64(7)60(74)47(38(2)3)35-50(68)56-43-24-25-45(33-43)62-56)51(75-8)36-55(72)65-31-17-20-48(65)58(76-9)40(5)49(67)34-44(32-41-18-13-11-14-19-41)59(73)63(6)46-26-22-42(23-27-46)37-61-52(69)21-15-12-16-30-66-53(70)28-29-54(66)71/h11,13-14,18-19,22-23,26-29,38-40,43-45,47-48,51,56-58,62H,10,12,15-17,20-21,24-25,30-37H2,1-9H3,(H,61,69)/t39-,40-,43-,44+,45+,47-,48-,51+,56-,57-,58+/m0/s1. The minimum absolute atomic E-state index is 0.0169. The van der Waals surface area contributed by atoms with Gasteiger partial charge in [0.25, 0.3) is 11.8 Å². The number of hydrogen-bond acceptors (Lipinski definition) is 11. The first kappa shape index (κ1) is 59.7. The Morgan fingerprint density at radius 2 is 1.50 bits per heavy atom. The van der Waals surface area contributed by atoms with E-state index in [1.54, 1.807) is 38.1 Å². The molecule has 3 fully saturated rings. The Kier molecular flexibility index (Phi) is 22.1. The Morgan fingerprint density at radius 1 is 0.803 bits per heavy atom. The topological polar surface area (TPSA) is 192 Å². The first-order valence-corrected chi connectivity index (χ1v) is 28.0. The number of carbonyl (C=O) groups is 8. The molecule has 76 heavy (non-hydrogen) atoms. The maximum atomic E-state index is 14.6. The van der Waals surface area contributed by atoms with Gasteiger partial charge in [0, 0.05) is 109 Å². The molecule has 2 bridgehead atoms. The Bertz CT molecular complexity index is 2340. The fourth-order valence-corrected chi connectivity index (χ4v) is 12.3. The molecule has 6 amide bonds. The first-order chi connectivity index (χ1) is 36.4. The number of unbranched alkanes of at least 4 members (excludes halogenated alkanes) is 2. The molecule has 416 valence electrons. The van der Waals surface area contributed by atoms with Crippen LogP contribution in [0.1, 0.15) is 129 Å². The number of carbonyl (C=O) groups excluding carboxylic acids is 8. The zero-order chi connectivity index (χ0) is 55.2. The molecule has 1 aliphatic carbocycles. The van der Waals surface area contributed by atoms with Gasteiger partial charge in [0.1, 0.15) is 5.78 Å². The molecule has 16 nitrogen and oxygen atoms in total. The van der Waals surface area contributed by atoms with E-state index in [9.17, 15) is 38.4 Å². The summed E-state index contributed by atoms with van der Waals surface area (Å²) in [5.41, 5.74) is 2.41. The van der Waals surface area contributed by atoms with Gasteiger partial charge in [-0.25, -0.2) is 0 Å². The molecule has 2 aromatic carbocycles. The van der Waals surface area contributed by atoms with E-state index in [2.05, 4.69) is 24.5 Å². The third-order valence-electron chi connectivity index (χ3n) is 17.1. The molecule has 0 unspecified atom stereocenters. The number of hydrogen-bond donors (Lipinski definition) is 2. The van der Waals surface area contributed by atoms with Gasteiger partial charge in [-0.1, -0.05) is 89.9 Å². The molecular formula is C60H86N6O10. The molecule has 6 rings (SSSR count). The first-order valence-electron chi connectivity index (χ1n) is 28.0. The summed E-state index contributed by atoms with van der Waals surface area (Å²) in [6, 6.07) is 16.3. The van der Waals surface area contributed by atoms with Gasteiger partial charge in [-0.15, -0.1) is 0 Å². The van der Waals surface area contributed by atoms with Gasteiger partial charge in [0.05, 0.1) is 36.8 Å². The van der Waals surface area contributed by atoms with Crippen LogP contribution in [0.3, 0.4) is 0 Å². The Morgan fingerprint density at radius 3 is 2.11 bits per heavy atom. The second-order valence-electron chi connectivity index (χ2n) is 22.4. The number of ketones is 2. The van der Waals surface area contributed by atoms with Gasteiger partial charge in [-0.3, -0.25) is 43.3 Å². The summed E-state index contributed by atoms with van der Waals surface area (Å²) in [7, 11) is 6.63. The monoisotopic (exact) mass is 1050 g/mol. The Labute approximate surface area is 451 Å². The average molecular weight is 1050 g/mol. The molecular weight excluding hydrogens is 965 g/mol. The van der Waals surface area contributed by atoms with E-state index in [4.69, 9.17) is 9.47 Å². The van der Waals surface area contributed by atoms with Gasteiger partial charge in [0.15, 0.2) is 5.78 Å². The van der Waals surface area contributed by atoms with E-state index in [1.165, 1.54) is 17.1 Å². The van der Waals surface area contributed by atoms with E-state index < -0.39 is 42.0 Å². The number of rotatable bonds is 30. The molecule has 4 aliphatic rings. The zero-order valence-corrected chi connectivity index (χ0v) is 46.7. The van der Waals surface area contributed by atoms with Crippen molar-refractivity contribution in [1.29, 1.82) is 0 Å². The summed E-state index contributed by atoms with van der Waals surface area (Å²) >= 11 is 0. The summed E-state index contributed by atoms with van der Waals surface area (Å²) < 4.78 is 12.3. The lowest BCUT2D eigenvalue weighted by Gasteiger charge is -2.41. The van der Waals surface area contributed by atoms with Gasteiger partial charge in [-0.2, -0.15) is 0 Å². The van der Waals surface area contributed by atoms with Crippen molar-refractivity contribution in [3.63, 3.8) is 0 Å². The van der Waals surface area contributed by atoms with Crippen molar-refractivity contribution in [3.05, 3.63) is 77.9 Å². The normalized spacial score (nSPS) is 21.8. The maximum Gasteiger partial charge on any atom is 0.253 e. The van der Waals surface area contributed by atoms with Gasteiger partial charge < -0.3 is 34.8 Å². The van der Waals surface area contributed by atoms with Crippen LogP contribution in [0.4, 0.5) is 5.69 Å². The second-order valence-corrected chi connectivity index (χ2v) is 22.4. The summed E-state index contributed by atoms with van der Waals surface area (Å²) in [4.78, 5) is 114. The number of fused-ring (bicyclic) bond motifs is 2. The van der Waals surface area contributed by atoms with Crippen molar-refractivity contribution in [1.82, 2.24) is 25.3 Å². The van der Waals surface area contributed by atoms with E-state index in [0.29, 0.717) is 75.8 Å². The van der Waals surface area contributed by atoms with Crippen molar-refractivity contribution in [3.8, 4) is 0 Å². The van der Waals surface area contributed by atoms with Gasteiger partial charge in [-0.05, 0) is 92.4 Å². The quantitative estimate of drug-likeness (QED) is 0.0614. The number of ether oxygens (including phenoxy) is 2. The molecule has 0 spiro atoms. The number of imide groups is 1. The van der Waals surface area contributed by atoms with Crippen LogP contribution in [0.2, 0.25) is 0 Å². The van der Waals surface area contributed by atoms with Crippen molar-refractivity contribution in [2.75, 3.05) is 46.3 Å². The number of likely N-dealkylation sites (tertiary alicyclic amines) is 1. The highest BCUT2D eigenvalue weighted by Crippen LogP contribution is 2.37. The number of methoxy groups -OCH3 is 2. The lowest BCUT2D eigenvalue weighted by atomic mass is 9.83. The molecule has 2 aromatic rings. The molecule has 3 aliphatic heterocycles. The van der Waals surface area contributed by atoms with Crippen LogP contribution in [0.5, 0.6) is 0 Å². The number of likely N-dealkylation sites (N-methyl/N-ethyl adjacent to an activating group) is 1. The predicted molar refractivity (Wildman–Crippen MR) is 291 cm³/mol. The fourth-order valence-electron chi connectivity index (χ4n) is 12.3. The number of nitrogens with one attached hydrogen (secondary N) is 2. The number of anilines is 1. The highest BCUT2D eigenvalue weighted by atomic mass is 16.5. The summed E-state index contributed by atoms with van der Waals surface area (Å²) in [6.07, 6.45) is 9.28. The molecule has 11 atom stereocenters.